The topological polar surface area (TPSA) is 64.6 Å². The molecular formula is C10H17NO4. The molecule has 1 saturated heterocycles. The summed E-state index contributed by atoms with van der Waals surface area (Å²) in [5.74, 6) is -0.351. The molecule has 0 aromatic heterocycles. The van der Waals surface area contributed by atoms with Crippen LogP contribution >= 0.6 is 0 Å². The SMILES string of the molecule is CC(=O)O[C@@H]([C@H]1COC(=O)N1)C(C)(C)C. The van der Waals surface area contributed by atoms with Crippen LogP contribution in [0.1, 0.15) is 27.7 Å². The van der Waals surface area contributed by atoms with Gasteiger partial charge < -0.3 is 14.8 Å². The van der Waals surface area contributed by atoms with Gasteiger partial charge in [0.05, 0.1) is 0 Å². The Bertz CT molecular complexity index is 269. The van der Waals surface area contributed by atoms with Gasteiger partial charge in [-0.05, 0) is 0 Å². The lowest BCUT2D eigenvalue weighted by molar-refractivity contribution is -0.154. The highest BCUT2D eigenvalue weighted by Crippen LogP contribution is 2.26. The minimum atomic E-state index is -0.457. The van der Waals surface area contributed by atoms with Crippen molar-refractivity contribution in [1.82, 2.24) is 5.32 Å². The third-order valence-electron chi connectivity index (χ3n) is 2.21. The predicted molar refractivity (Wildman–Crippen MR) is 53.3 cm³/mol. The van der Waals surface area contributed by atoms with Crippen molar-refractivity contribution in [3.63, 3.8) is 0 Å². The highest BCUT2D eigenvalue weighted by molar-refractivity contribution is 5.70. The summed E-state index contributed by atoms with van der Waals surface area (Å²) in [5, 5.41) is 2.63. The van der Waals surface area contributed by atoms with Gasteiger partial charge in [-0.3, -0.25) is 4.79 Å². The van der Waals surface area contributed by atoms with Gasteiger partial charge in [-0.1, -0.05) is 20.8 Å². The quantitative estimate of drug-likeness (QED) is 0.700. The molecule has 2 atom stereocenters. The fourth-order valence-corrected chi connectivity index (χ4v) is 1.60. The number of carbonyl (C=O) groups excluding carboxylic acids is 2. The van der Waals surface area contributed by atoms with Gasteiger partial charge in [0, 0.05) is 12.3 Å². The molecule has 0 unspecified atom stereocenters. The third-order valence-corrected chi connectivity index (χ3v) is 2.21. The van der Waals surface area contributed by atoms with Gasteiger partial charge in [0.25, 0.3) is 0 Å². The molecule has 0 radical (unpaired) electrons. The van der Waals surface area contributed by atoms with Gasteiger partial charge >= 0.3 is 12.1 Å². The molecule has 5 nitrogen and oxygen atoms in total. The van der Waals surface area contributed by atoms with E-state index in [2.05, 4.69) is 5.32 Å². The van der Waals surface area contributed by atoms with Gasteiger partial charge in [-0.2, -0.15) is 0 Å². The number of alkyl carbamates (subject to hydrolysis) is 1. The second kappa shape index (κ2) is 4.08. The Hall–Kier alpha value is -1.26. The third kappa shape index (κ3) is 3.11. The molecule has 86 valence electrons. The normalized spacial score (nSPS) is 22.9. The van der Waals surface area contributed by atoms with Crippen molar-refractivity contribution in [2.45, 2.75) is 39.8 Å². The van der Waals surface area contributed by atoms with Crippen LogP contribution in [0.5, 0.6) is 0 Å². The lowest BCUT2D eigenvalue weighted by atomic mass is 9.85. The van der Waals surface area contributed by atoms with Crippen LogP contribution in [0.2, 0.25) is 0 Å². The molecule has 1 aliphatic heterocycles. The first-order chi connectivity index (χ1) is 6.80. The molecule has 0 spiro atoms. The summed E-state index contributed by atoms with van der Waals surface area (Å²) in [7, 11) is 0. The molecule has 1 heterocycles. The van der Waals surface area contributed by atoms with Crippen molar-refractivity contribution >= 4 is 12.1 Å². The molecule has 0 saturated carbocycles. The van der Waals surface area contributed by atoms with E-state index in [-0.39, 0.29) is 30.1 Å². The molecule has 1 amide bonds. The zero-order valence-corrected chi connectivity index (χ0v) is 9.49. The summed E-state index contributed by atoms with van der Waals surface area (Å²) in [6.45, 7) is 7.45. The maximum atomic E-state index is 11.0. The number of rotatable bonds is 2. The van der Waals surface area contributed by atoms with Crippen molar-refractivity contribution < 1.29 is 19.1 Å². The maximum Gasteiger partial charge on any atom is 0.407 e. The van der Waals surface area contributed by atoms with E-state index in [4.69, 9.17) is 9.47 Å². The van der Waals surface area contributed by atoms with E-state index < -0.39 is 6.09 Å². The van der Waals surface area contributed by atoms with E-state index in [1.165, 1.54) is 6.92 Å². The largest absolute Gasteiger partial charge is 0.460 e. The Morgan fingerprint density at radius 3 is 2.53 bits per heavy atom. The number of carbonyl (C=O) groups is 2. The Balaban J connectivity index is 2.72. The fourth-order valence-electron chi connectivity index (χ4n) is 1.60. The fraction of sp³-hybridized carbons (Fsp3) is 0.800. The van der Waals surface area contributed by atoms with Crippen molar-refractivity contribution in [1.29, 1.82) is 0 Å². The summed E-state index contributed by atoms with van der Waals surface area (Å²) >= 11 is 0. The highest BCUT2D eigenvalue weighted by Gasteiger charge is 2.39. The second-order valence-electron chi connectivity index (χ2n) is 4.75. The standard InChI is InChI=1S/C10H17NO4/c1-6(12)15-8(10(2,3)4)7-5-14-9(13)11-7/h7-8H,5H2,1-4H3,(H,11,13)/t7-,8+/m1/s1. The first-order valence-corrected chi connectivity index (χ1v) is 4.91. The molecule has 5 heteroatoms. The van der Waals surface area contributed by atoms with E-state index in [9.17, 15) is 9.59 Å². The van der Waals surface area contributed by atoms with Crippen LogP contribution in [-0.4, -0.2) is 30.8 Å². The van der Waals surface area contributed by atoms with Gasteiger partial charge in [-0.15, -0.1) is 0 Å². The van der Waals surface area contributed by atoms with Crippen LogP contribution in [0.3, 0.4) is 0 Å². The summed E-state index contributed by atoms with van der Waals surface area (Å²) < 4.78 is 10.00. The van der Waals surface area contributed by atoms with E-state index in [0.29, 0.717) is 0 Å². The van der Waals surface area contributed by atoms with E-state index in [0.717, 1.165) is 0 Å². The average molecular weight is 215 g/mol. The molecule has 0 aromatic rings. The van der Waals surface area contributed by atoms with Crippen LogP contribution in [0.25, 0.3) is 0 Å². The van der Waals surface area contributed by atoms with Crippen molar-refractivity contribution in [3.8, 4) is 0 Å². The van der Waals surface area contributed by atoms with Crippen LogP contribution in [0.15, 0.2) is 0 Å². The number of nitrogens with one attached hydrogen (secondary N) is 1. The first kappa shape index (κ1) is 11.8. The number of amides is 1. The molecule has 15 heavy (non-hydrogen) atoms. The van der Waals surface area contributed by atoms with Crippen LogP contribution in [0, 0.1) is 5.41 Å². The zero-order chi connectivity index (χ0) is 11.6. The minimum Gasteiger partial charge on any atom is -0.460 e. The summed E-state index contributed by atoms with van der Waals surface area (Å²) in [6, 6.07) is -0.263. The van der Waals surface area contributed by atoms with Crippen LogP contribution in [-0.2, 0) is 14.3 Å². The highest BCUT2D eigenvalue weighted by atomic mass is 16.6. The lowest BCUT2D eigenvalue weighted by Crippen LogP contribution is -2.47. The predicted octanol–water partition coefficient (Wildman–Crippen LogP) is 1.07. The minimum absolute atomic E-state index is 0.239. The van der Waals surface area contributed by atoms with Crippen molar-refractivity contribution in [3.05, 3.63) is 0 Å². The summed E-state index contributed by atoms with van der Waals surface area (Å²) in [5.41, 5.74) is -0.239. The number of cyclic esters (lactones) is 1. The molecule has 0 aromatic carbocycles. The molecular weight excluding hydrogens is 198 g/mol. The average Bonchev–Trinajstić information content (AvgIpc) is 2.45. The van der Waals surface area contributed by atoms with Gasteiger partial charge in [0.15, 0.2) is 0 Å². The monoisotopic (exact) mass is 215 g/mol. The Morgan fingerprint density at radius 1 is 1.60 bits per heavy atom. The number of hydrogen-bond acceptors (Lipinski definition) is 4. The molecule has 1 fully saturated rings. The van der Waals surface area contributed by atoms with Crippen LogP contribution < -0.4 is 5.32 Å². The van der Waals surface area contributed by atoms with E-state index in [1.54, 1.807) is 0 Å². The Morgan fingerprint density at radius 2 is 2.20 bits per heavy atom. The van der Waals surface area contributed by atoms with E-state index in [1.807, 2.05) is 20.8 Å². The molecule has 1 aliphatic rings. The molecule has 0 aliphatic carbocycles. The zero-order valence-electron chi connectivity index (χ0n) is 9.49. The molecule has 1 rings (SSSR count). The van der Waals surface area contributed by atoms with Gasteiger partial charge in [0.1, 0.15) is 18.8 Å². The smallest absolute Gasteiger partial charge is 0.407 e. The van der Waals surface area contributed by atoms with E-state index >= 15 is 0 Å². The summed E-state index contributed by atoms with van der Waals surface area (Å²) in [4.78, 5) is 21.9. The molecule has 1 N–H and O–H groups in total. The van der Waals surface area contributed by atoms with Crippen molar-refractivity contribution in [2.24, 2.45) is 5.41 Å². The Kier molecular flexibility index (Phi) is 3.21. The number of hydrogen-bond donors (Lipinski definition) is 1. The first-order valence-electron chi connectivity index (χ1n) is 4.91. The van der Waals surface area contributed by atoms with Crippen molar-refractivity contribution in [2.75, 3.05) is 6.61 Å². The van der Waals surface area contributed by atoms with Crippen LogP contribution in [0.4, 0.5) is 4.79 Å². The lowest BCUT2D eigenvalue weighted by Gasteiger charge is -2.33. The van der Waals surface area contributed by atoms with Gasteiger partial charge in [-0.25, -0.2) is 4.79 Å². The maximum absolute atomic E-state index is 11.0. The van der Waals surface area contributed by atoms with Gasteiger partial charge in [0.2, 0.25) is 0 Å². The number of esters is 1. The molecule has 0 bridgehead atoms. The number of ether oxygens (including phenoxy) is 2. The summed E-state index contributed by atoms with van der Waals surface area (Å²) in [6.07, 6.45) is -0.831. The Labute approximate surface area is 89.1 Å². The second-order valence-corrected chi connectivity index (χ2v) is 4.75.